The van der Waals surface area contributed by atoms with E-state index in [-0.39, 0.29) is 0 Å². The number of aromatic nitrogens is 2. The molecule has 0 aliphatic heterocycles. The van der Waals surface area contributed by atoms with Gasteiger partial charge in [-0.3, -0.25) is 4.68 Å². The first kappa shape index (κ1) is 15.0. The van der Waals surface area contributed by atoms with E-state index in [0.29, 0.717) is 17.8 Å². The van der Waals surface area contributed by atoms with Gasteiger partial charge in [0.15, 0.2) is 5.75 Å². The van der Waals surface area contributed by atoms with E-state index in [9.17, 15) is 0 Å². The molecule has 0 aliphatic rings. The molecule has 1 rings (SSSR count). The van der Waals surface area contributed by atoms with Gasteiger partial charge in [-0.05, 0) is 24.9 Å². The molecule has 4 heteroatoms. The molecule has 4 nitrogen and oxygen atoms in total. The van der Waals surface area contributed by atoms with Crippen molar-refractivity contribution in [2.75, 3.05) is 20.2 Å². The fourth-order valence-electron chi connectivity index (χ4n) is 2.15. The molecule has 0 saturated carbocycles. The number of ether oxygens (including phenoxy) is 1. The standard InChI is InChI=1S/C14H27N3O/c1-10(2)7-15-8-11(3)12(4)14-13(18-6)9-16-17(14)5/h9-12,15H,7-8H2,1-6H3. The van der Waals surface area contributed by atoms with Crippen molar-refractivity contribution >= 4 is 0 Å². The lowest BCUT2D eigenvalue weighted by Crippen LogP contribution is -2.28. The molecule has 0 spiro atoms. The van der Waals surface area contributed by atoms with Crippen molar-refractivity contribution in [2.45, 2.75) is 33.6 Å². The van der Waals surface area contributed by atoms with Crippen LogP contribution in [0, 0.1) is 11.8 Å². The molecule has 0 aliphatic carbocycles. The van der Waals surface area contributed by atoms with Crippen LogP contribution < -0.4 is 10.1 Å². The molecular weight excluding hydrogens is 226 g/mol. The summed E-state index contributed by atoms with van der Waals surface area (Å²) in [5.41, 5.74) is 1.18. The zero-order valence-electron chi connectivity index (χ0n) is 12.5. The number of hydrogen-bond donors (Lipinski definition) is 1. The zero-order valence-corrected chi connectivity index (χ0v) is 12.5. The lowest BCUT2D eigenvalue weighted by molar-refractivity contribution is 0.377. The number of nitrogens with zero attached hydrogens (tertiary/aromatic N) is 2. The van der Waals surface area contributed by atoms with Gasteiger partial charge in [-0.15, -0.1) is 0 Å². The minimum atomic E-state index is 0.423. The molecule has 18 heavy (non-hydrogen) atoms. The predicted molar refractivity (Wildman–Crippen MR) is 75.0 cm³/mol. The third-order valence-electron chi connectivity index (χ3n) is 3.47. The molecule has 0 radical (unpaired) electrons. The first-order valence-corrected chi connectivity index (χ1v) is 6.74. The van der Waals surface area contributed by atoms with Crippen LogP contribution in [0.25, 0.3) is 0 Å². The van der Waals surface area contributed by atoms with Crippen LogP contribution in [0.1, 0.15) is 39.3 Å². The van der Waals surface area contributed by atoms with Crippen molar-refractivity contribution in [1.29, 1.82) is 0 Å². The van der Waals surface area contributed by atoms with Crippen LogP contribution in [0.4, 0.5) is 0 Å². The van der Waals surface area contributed by atoms with Crippen molar-refractivity contribution in [2.24, 2.45) is 18.9 Å². The van der Waals surface area contributed by atoms with Gasteiger partial charge in [0.05, 0.1) is 19.0 Å². The third-order valence-corrected chi connectivity index (χ3v) is 3.47. The van der Waals surface area contributed by atoms with Gasteiger partial charge < -0.3 is 10.1 Å². The summed E-state index contributed by atoms with van der Waals surface area (Å²) in [6.45, 7) is 11.1. The summed E-state index contributed by atoms with van der Waals surface area (Å²) in [4.78, 5) is 0. The van der Waals surface area contributed by atoms with E-state index in [1.807, 2.05) is 11.7 Å². The van der Waals surface area contributed by atoms with Crippen LogP contribution in [-0.2, 0) is 7.05 Å². The highest BCUT2D eigenvalue weighted by molar-refractivity contribution is 5.28. The number of hydrogen-bond acceptors (Lipinski definition) is 3. The van der Waals surface area contributed by atoms with E-state index in [1.54, 1.807) is 13.3 Å². The van der Waals surface area contributed by atoms with Crippen molar-refractivity contribution < 1.29 is 4.74 Å². The van der Waals surface area contributed by atoms with Gasteiger partial charge in [-0.2, -0.15) is 5.10 Å². The van der Waals surface area contributed by atoms with Gasteiger partial charge in [0, 0.05) is 13.0 Å². The maximum atomic E-state index is 5.38. The van der Waals surface area contributed by atoms with E-state index in [0.717, 1.165) is 18.8 Å². The van der Waals surface area contributed by atoms with E-state index in [1.165, 1.54) is 5.69 Å². The number of methoxy groups -OCH3 is 1. The molecule has 0 amide bonds. The predicted octanol–water partition coefficient (Wildman–Crippen LogP) is 2.41. The van der Waals surface area contributed by atoms with E-state index in [4.69, 9.17) is 4.74 Å². The maximum Gasteiger partial charge on any atom is 0.160 e. The Bertz CT molecular complexity index is 360. The second-order valence-electron chi connectivity index (χ2n) is 5.54. The smallest absolute Gasteiger partial charge is 0.160 e. The Hall–Kier alpha value is -1.03. The third kappa shape index (κ3) is 3.73. The Labute approximate surface area is 111 Å². The van der Waals surface area contributed by atoms with Crippen molar-refractivity contribution in [1.82, 2.24) is 15.1 Å². The Balaban J connectivity index is 2.62. The monoisotopic (exact) mass is 253 g/mol. The molecule has 0 aromatic carbocycles. The highest BCUT2D eigenvalue weighted by Gasteiger charge is 2.21. The molecule has 1 aromatic rings. The largest absolute Gasteiger partial charge is 0.493 e. The molecule has 0 fully saturated rings. The summed E-state index contributed by atoms with van der Waals surface area (Å²) in [6, 6.07) is 0. The SMILES string of the molecule is COc1cnn(C)c1C(C)C(C)CNCC(C)C. The van der Waals surface area contributed by atoms with E-state index in [2.05, 4.69) is 38.1 Å². The van der Waals surface area contributed by atoms with Crippen LogP contribution in [0.15, 0.2) is 6.20 Å². The van der Waals surface area contributed by atoms with Gasteiger partial charge in [0.25, 0.3) is 0 Å². The lowest BCUT2D eigenvalue weighted by atomic mass is 9.92. The van der Waals surface area contributed by atoms with Gasteiger partial charge in [-0.25, -0.2) is 0 Å². The Kier molecular flexibility index (Phi) is 5.66. The average Bonchev–Trinajstić information content (AvgIpc) is 2.68. The van der Waals surface area contributed by atoms with Gasteiger partial charge in [0.1, 0.15) is 0 Å². The molecule has 1 aromatic heterocycles. The van der Waals surface area contributed by atoms with Crippen LogP contribution in [-0.4, -0.2) is 30.0 Å². The van der Waals surface area contributed by atoms with Gasteiger partial charge >= 0.3 is 0 Å². The summed E-state index contributed by atoms with van der Waals surface area (Å²) in [7, 11) is 3.68. The second kappa shape index (κ2) is 6.78. The normalized spacial score (nSPS) is 14.8. The first-order valence-electron chi connectivity index (χ1n) is 6.74. The van der Waals surface area contributed by atoms with Crippen molar-refractivity contribution in [3.63, 3.8) is 0 Å². The van der Waals surface area contributed by atoms with Crippen molar-refractivity contribution in [3.05, 3.63) is 11.9 Å². The summed E-state index contributed by atoms with van der Waals surface area (Å²) >= 11 is 0. The lowest BCUT2D eigenvalue weighted by Gasteiger charge is -2.22. The molecule has 2 unspecified atom stereocenters. The molecule has 0 bridgehead atoms. The molecule has 2 atom stereocenters. The van der Waals surface area contributed by atoms with Crippen molar-refractivity contribution in [3.8, 4) is 5.75 Å². The second-order valence-corrected chi connectivity index (χ2v) is 5.54. The summed E-state index contributed by atoms with van der Waals surface area (Å²) in [5, 5.41) is 7.78. The summed E-state index contributed by atoms with van der Waals surface area (Å²) in [5.74, 6) is 2.56. The Morgan fingerprint density at radius 1 is 1.28 bits per heavy atom. The summed E-state index contributed by atoms with van der Waals surface area (Å²) in [6.07, 6.45) is 1.79. The maximum absolute atomic E-state index is 5.38. The highest BCUT2D eigenvalue weighted by atomic mass is 16.5. The van der Waals surface area contributed by atoms with E-state index >= 15 is 0 Å². The molecule has 0 saturated heterocycles. The fourth-order valence-corrected chi connectivity index (χ4v) is 2.15. The molecule has 1 N–H and O–H groups in total. The minimum absolute atomic E-state index is 0.423. The zero-order chi connectivity index (χ0) is 13.7. The minimum Gasteiger partial charge on any atom is -0.493 e. The Morgan fingerprint density at radius 2 is 1.94 bits per heavy atom. The topological polar surface area (TPSA) is 39.1 Å². The number of rotatable bonds is 7. The Morgan fingerprint density at radius 3 is 2.50 bits per heavy atom. The van der Waals surface area contributed by atoms with Crippen LogP contribution in [0.2, 0.25) is 0 Å². The fraction of sp³-hybridized carbons (Fsp3) is 0.786. The summed E-state index contributed by atoms with van der Waals surface area (Å²) < 4.78 is 7.30. The van der Waals surface area contributed by atoms with E-state index < -0.39 is 0 Å². The molecular formula is C14H27N3O. The van der Waals surface area contributed by atoms with Gasteiger partial charge in [-0.1, -0.05) is 27.7 Å². The number of aryl methyl sites for hydroxylation is 1. The average molecular weight is 253 g/mol. The highest BCUT2D eigenvalue weighted by Crippen LogP contribution is 2.30. The van der Waals surface area contributed by atoms with Crippen LogP contribution in [0.3, 0.4) is 0 Å². The number of nitrogens with one attached hydrogen (secondary N) is 1. The van der Waals surface area contributed by atoms with Crippen LogP contribution >= 0.6 is 0 Å². The quantitative estimate of drug-likeness (QED) is 0.811. The first-order chi connectivity index (χ1) is 8.47. The van der Waals surface area contributed by atoms with Gasteiger partial charge in [0.2, 0.25) is 0 Å². The van der Waals surface area contributed by atoms with Crippen LogP contribution in [0.5, 0.6) is 5.75 Å². The molecule has 104 valence electrons. The molecule has 1 heterocycles.